The molecule has 0 saturated heterocycles. The van der Waals surface area contributed by atoms with E-state index in [-0.39, 0.29) is 16.6 Å². The highest BCUT2D eigenvalue weighted by molar-refractivity contribution is 9.10. The third-order valence-electron chi connectivity index (χ3n) is 2.62. The van der Waals surface area contributed by atoms with Crippen LogP contribution in [0.3, 0.4) is 0 Å². The number of carbonyl (C=O) groups excluding carboxylic acids is 1. The Morgan fingerprint density at radius 2 is 2.14 bits per heavy atom. The van der Waals surface area contributed by atoms with Crippen molar-refractivity contribution in [2.75, 3.05) is 18.9 Å². The van der Waals surface area contributed by atoms with Crippen molar-refractivity contribution in [3.8, 4) is 0 Å². The van der Waals surface area contributed by atoms with Crippen molar-refractivity contribution in [3.63, 3.8) is 0 Å². The number of nitrogens with one attached hydrogen (secondary N) is 3. The Morgan fingerprint density at radius 1 is 1.48 bits per heavy atom. The maximum atomic E-state index is 12.4. The third kappa shape index (κ3) is 4.94. The molecule has 0 aliphatic rings. The van der Waals surface area contributed by atoms with Crippen molar-refractivity contribution in [1.29, 1.82) is 0 Å². The number of sulfonamides is 1. The number of pyridine rings is 1. The summed E-state index contributed by atoms with van der Waals surface area (Å²) >= 11 is 3.19. The smallest absolute Gasteiger partial charge is 0.244 e. The van der Waals surface area contributed by atoms with Crippen molar-refractivity contribution in [1.82, 2.24) is 15.0 Å². The summed E-state index contributed by atoms with van der Waals surface area (Å²) in [5.74, 6) is -0.152. The Bertz CT molecular complexity index is 607. The molecule has 3 N–H and O–H groups in total. The fourth-order valence-electron chi connectivity index (χ4n) is 1.56. The lowest BCUT2D eigenvalue weighted by atomic mass is 10.3. The maximum Gasteiger partial charge on any atom is 0.244 e. The number of carbonyl (C=O) groups is 1. The van der Waals surface area contributed by atoms with Crippen LogP contribution in [0.1, 0.15) is 20.3 Å². The Balaban J connectivity index is 2.96. The van der Waals surface area contributed by atoms with Crippen LogP contribution in [-0.2, 0) is 14.8 Å². The lowest BCUT2D eigenvalue weighted by molar-refractivity contribution is -0.122. The molecule has 0 aromatic carbocycles. The predicted molar refractivity (Wildman–Crippen MR) is 84.6 cm³/mol. The normalized spacial score (nSPS) is 12.8. The first-order valence-corrected chi connectivity index (χ1v) is 8.72. The molecule has 0 saturated carbocycles. The van der Waals surface area contributed by atoms with Gasteiger partial charge in [0, 0.05) is 24.3 Å². The van der Waals surface area contributed by atoms with E-state index in [0.717, 1.165) is 6.42 Å². The van der Waals surface area contributed by atoms with E-state index in [4.69, 9.17) is 0 Å². The van der Waals surface area contributed by atoms with Crippen LogP contribution in [0, 0.1) is 0 Å². The molecule has 0 aliphatic carbocycles. The molecule has 1 atom stereocenters. The van der Waals surface area contributed by atoms with Crippen LogP contribution in [0.15, 0.2) is 21.6 Å². The molecule has 1 rings (SSSR count). The molecule has 0 bridgehead atoms. The first-order valence-electron chi connectivity index (χ1n) is 6.45. The minimum absolute atomic E-state index is 0.0190. The molecular formula is C12H19BrN4O3S. The lowest BCUT2D eigenvalue weighted by Gasteiger charge is -2.15. The second-order valence-corrected chi connectivity index (χ2v) is 6.98. The number of rotatable bonds is 7. The average Bonchev–Trinajstić information content (AvgIpc) is 2.44. The van der Waals surface area contributed by atoms with E-state index < -0.39 is 16.1 Å². The largest absolute Gasteiger partial charge is 0.372 e. The van der Waals surface area contributed by atoms with Crippen molar-refractivity contribution >= 4 is 37.7 Å². The highest BCUT2D eigenvalue weighted by atomic mass is 79.9. The molecule has 1 aromatic heterocycles. The van der Waals surface area contributed by atoms with Gasteiger partial charge in [-0.05, 0) is 35.3 Å². The highest BCUT2D eigenvalue weighted by Crippen LogP contribution is 2.22. The molecule has 0 radical (unpaired) electrons. The molecular weight excluding hydrogens is 360 g/mol. The Morgan fingerprint density at radius 3 is 2.71 bits per heavy atom. The Hall–Kier alpha value is -1.19. The molecule has 0 spiro atoms. The van der Waals surface area contributed by atoms with Crippen LogP contribution >= 0.6 is 15.9 Å². The van der Waals surface area contributed by atoms with Gasteiger partial charge in [0.25, 0.3) is 0 Å². The van der Waals surface area contributed by atoms with Crippen molar-refractivity contribution < 1.29 is 13.2 Å². The Labute approximate surface area is 133 Å². The van der Waals surface area contributed by atoms with Crippen molar-refractivity contribution in [3.05, 3.63) is 16.7 Å². The van der Waals surface area contributed by atoms with Gasteiger partial charge in [-0.25, -0.2) is 13.4 Å². The number of aromatic nitrogens is 1. The van der Waals surface area contributed by atoms with E-state index in [9.17, 15) is 13.2 Å². The summed E-state index contributed by atoms with van der Waals surface area (Å²) in [7, 11) is -2.28. The minimum atomic E-state index is -3.86. The van der Waals surface area contributed by atoms with Crippen LogP contribution in [-0.4, -0.2) is 38.9 Å². The molecule has 7 nitrogen and oxygen atoms in total. The topological polar surface area (TPSA) is 100 Å². The van der Waals surface area contributed by atoms with Gasteiger partial charge in [0.2, 0.25) is 15.9 Å². The number of hydrogen-bond donors (Lipinski definition) is 3. The van der Waals surface area contributed by atoms with Crippen molar-refractivity contribution in [2.45, 2.75) is 31.2 Å². The molecule has 1 amide bonds. The van der Waals surface area contributed by atoms with E-state index in [1.165, 1.54) is 19.2 Å². The summed E-state index contributed by atoms with van der Waals surface area (Å²) in [6, 6.07) is 0.558. The highest BCUT2D eigenvalue weighted by Gasteiger charge is 2.25. The fourth-order valence-corrected chi connectivity index (χ4v) is 3.44. The zero-order valence-corrected chi connectivity index (χ0v) is 14.5. The van der Waals surface area contributed by atoms with Gasteiger partial charge in [0.1, 0.15) is 10.7 Å². The quantitative estimate of drug-likeness (QED) is 0.658. The van der Waals surface area contributed by atoms with Gasteiger partial charge < -0.3 is 10.6 Å². The summed E-state index contributed by atoms with van der Waals surface area (Å²) in [5, 5.41) is 5.35. The van der Waals surface area contributed by atoms with E-state index in [2.05, 4.69) is 36.3 Å². The van der Waals surface area contributed by atoms with Gasteiger partial charge in [0.15, 0.2) is 0 Å². The zero-order valence-electron chi connectivity index (χ0n) is 12.1. The van der Waals surface area contributed by atoms with Gasteiger partial charge in [-0.1, -0.05) is 6.92 Å². The summed E-state index contributed by atoms with van der Waals surface area (Å²) in [6.07, 6.45) is 2.27. The number of nitrogens with zero attached hydrogens (tertiary/aromatic N) is 1. The van der Waals surface area contributed by atoms with Crippen LogP contribution in [0.25, 0.3) is 0 Å². The minimum Gasteiger partial charge on any atom is -0.372 e. The first kappa shape index (κ1) is 17.9. The number of anilines is 1. The number of hydrogen-bond acceptors (Lipinski definition) is 5. The monoisotopic (exact) mass is 378 g/mol. The van der Waals surface area contributed by atoms with Crippen LogP contribution < -0.4 is 15.4 Å². The Kier molecular flexibility index (Phi) is 6.56. The lowest BCUT2D eigenvalue weighted by Crippen LogP contribution is -2.45. The van der Waals surface area contributed by atoms with Crippen molar-refractivity contribution in [2.24, 2.45) is 0 Å². The zero-order chi connectivity index (χ0) is 16.0. The third-order valence-corrected chi connectivity index (χ3v) is 4.61. The molecule has 118 valence electrons. The van der Waals surface area contributed by atoms with Gasteiger partial charge in [-0.3, -0.25) is 4.79 Å². The fraction of sp³-hybridized carbons (Fsp3) is 0.500. The molecule has 1 aromatic rings. The molecule has 21 heavy (non-hydrogen) atoms. The standard InChI is InChI=1S/C12H19BrN4O3S/c1-4-5-15-12(18)8(2)17-21(19,20)10-6-9(13)7-16-11(10)14-3/h6-8,17H,4-5H2,1-3H3,(H,14,16)(H,15,18). The van der Waals surface area contributed by atoms with Gasteiger partial charge in [-0.2, -0.15) is 4.72 Å². The summed E-state index contributed by atoms with van der Waals surface area (Å²) < 4.78 is 27.6. The second kappa shape index (κ2) is 7.71. The van der Waals surface area contributed by atoms with Gasteiger partial charge in [0.05, 0.1) is 6.04 Å². The molecule has 9 heteroatoms. The van der Waals surface area contributed by atoms with Crippen LogP contribution in [0.2, 0.25) is 0 Å². The van der Waals surface area contributed by atoms with Gasteiger partial charge in [-0.15, -0.1) is 0 Å². The summed E-state index contributed by atoms with van der Waals surface area (Å²) in [5.41, 5.74) is 0. The van der Waals surface area contributed by atoms with Gasteiger partial charge >= 0.3 is 0 Å². The molecule has 1 unspecified atom stereocenters. The summed E-state index contributed by atoms with van der Waals surface area (Å²) in [4.78, 5) is 15.7. The van der Waals surface area contributed by atoms with E-state index in [1.54, 1.807) is 7.05 Å². The number of amides is 1. The SMILES string of the molecule is CCCNC(=O)C(C)NS(=O)(=O)c1cc(Br)cnc1NC. The van der Waals surface area contributed by atoms with Crippen LogP contribution in [0.5, 0.6) is 0 Å². The first-order chi connectivity index (χ1) is 9.81. The average molecular weight is 379 g/mol. The van der Waals surface area contributed by atoms with E-state index in [0.29, 0.717) is 11.0 Å². The molecule has 1 heterocycles. The van der Waals surface area contributed by atoms with E-state index >= 15 is 0 Å². The molecule has 0 aliphatic heterocycles. The second-order valence-electron chi connectivity index (χ2n) is 4.38. The number of halogens is 1. The summed E-state index contributed by atoms with van der Waals surface area (Å²) in [6.45, 7) is 3.92. The van der Waals surface area contributed by atoms with E-state index in [1.807, 2.05) is 6.92 Å². The van der Waals surface area contributed by atoms with Crippen LogP contribution in [0.4, 0.5) is 5.82 Å². The maximum absolute atomic E-state index is 12.4. The predicted octanol–water partition coefficient (Wildman–Crippen LogP) is 1.08. The molecule has 0 fully saturated rings.